The van der Waals surface area contributed by atoms with Gasteiger partial charge in [-0.15, -0.1) is 11.3 Å². The van der Waals surface area contributed by atoms with Gasteiger partial charge in [-0.05, 0) is 31.2 Å². The maximum absolute atomic E-state index is 12.2. The number of aromatic nitrogens is 1. The molecule has 0 radical (unpaired) electrons. The monoisotopic (exact) mass is 322 g/mol. The number of carbonyl (C=O) groups excluding carboxylic acids is 1. The smallest absolute Gasteiger partial charge is 0.311 e. The van der Waals surface area contributed by atoms with E-state index in [1.807, 2.05) is 16.8 Å². The molecule has 1 aliphatic carbocycles. The topological polar surface area (TPSA) is 79.3 Å². The molecular weight excluding hydrogens is 308 g/mol. The van der Waals surface area contributed by atoms with Crippen molar-refractivity contribution in [2.75, 3.05) is 6.54 Å². The summed E-state index contributed by atoms with van der Waals surface area (Å²) < 4.78 is 0. The van der Waals surface area contributed by atoms with Crippen molar-refractivity contribution in [3.8, 4) is 10.6 Å². The van der Waals surface area contributed by atoms with Gasteiger partial charge in [0.1, 0.15) is 9.88 Å². The van der Waals surface area contributed by atoms with Crippen LogP contribution in [0.25, 0.3) is 10.6 Å². The lowest BCUT2D eigenvalue weighted by molar-refractivity contribution is -0.143. The van der Waals surface area contributed by atoms with Crippen molar-refractivity contribution in [1.29, 1.82) is 0 Å². The van der Waals surface area contributed by atoms with Crippen molar-refractivity contribution in [1.82, 2.24) is 10.3 Å². The van der Waals surface area contributed by atoms with E-state index in [9.17, 15) is 9.59 Å². The van der Waals surface area contributed by atoms with Gasteiger partial charge in [-0.2, -0.15) is 11.3 Å². The summed E-state index contributed by atoms with van der Waals surface area (Å²) in [6, 6.07) is 1.97. The van der Waals surface area contributed by atoms with Crippen LogP contribution in [0.5, 0.6) is 0 Å². The summed E-state index contributed by atoms with van der Waals surface area (Å²) >= 11 is 2.92. The summed E-state index contributed by atoms with van der Waals surface area (Å²) in [6.07, 6.45) is 1.26. The number of aryl methyl sites for hydroxylation is 1. The lowest BCUT2D eigenvalue weighted by Gasteiger charge is -2.10. The van der Waals surface area contributed by atoms with Crippen LogP contribution >= 0.6 is 22.7 Å². The van der Waals surface area contributed by atoms with E-state index in [1.165, 1.54) is 11.3 Å². The van der Waals surface area contributed by atoms with Gasteiger partial charge in [0.2, 0.25) is 0 Å². The first-order valence-corrected chi connectivity index (χ1v) is 8.29. The first-order chi connectivity index (χ1) is 10.0. The van der Waals surface area contributed by atoms with Crippen LogP contribution in [-0.4, -0.2) is 28.5 Å². The molecule has 1 aliphatic rings. The van der Waals surface area contributed by atoms with Gasteiger partial charge in [0.05, 0.1) is 11.1 Å². The second kappa shape index (κ2) is 5.23. The van der Waals surface area contributed by atoms with Crippen LogP contribution in [0.15, 0.2) is 16.8 Å². The Hall–Kier alpha value is -1.73. The minimum Gasteiger partial charge on any atom is -0.481 e. The van der Waals surface area contributed by atoms with Crippen LogP contribution in [0.3, 0.4) is 0 Å². The highest BCUT2D eigenvalue weighted by atomic mass is 32.1. The zero-order valence-corrected chi connectivity index (χ0v) is 13.0. The van der Waals surface area contributed by atoms with Crippen molar-refractivity contribution in [2.24, 2.45) is 5.41 Å². The number of nitrogens with zero attached hydrogens (tertiary/aromatic N) is 1. The molecule has 5 nitrogen and oxygen atoms in total. The molecule has 7 heteroatoms. The summed E-state index contributed by atoms with van der Waals surface area (Å²) in [4.78, 5) is 28.3. The summed E-state index contributed by atoms with van der Waals surface area (Å²) in [7, 11) is 0. The molecule has 2 aromatic rings. The number of thiazole rings is 1. The molecule has 1 fully saturated rings. The fourth-order valence-electron chi connectivity index (χ4n) is 2.06. The lowest BCUT2D eigenvalue weighted by atomic mass is 10.1. The molecule has 0 spiro atoms. The Morgan fingerprint density at radius 1 is 1.48 bits per heavy atom. The van der Waals surface area contributed by atoms with Gasteiger partial charge < -0.3 is 10.4 Å². The minimum absolute atomic E-state index is 0.187. The van der Waals surface area contributed by atoms with E-state index in [-0.39, 0.29) is 12.5 Å². The number of carbonyl (C=O) groups is 2. The van der Waals surface area contributed by atoms with E-state index >= 15 is 0 Å². The van der Waals surface area contributed by atoms with Crippen LogP contribution in [0, 0.1) is 12.3 Å². The molecule has 0 bridgehead atoms. The van der Waals surface area contributed by atoms with Crippen LogP contribution in [-0.2, 0) is 4.79 Å². The molecule has 2 N–H and O–H groups in total. The second-order valence-corrected chi connectivity index (χ2v) is 6.99. The number of amides is 1. The normalized spacial score (nSPS) is 15.7. The largest absolute Gasteiger partial charge is 0.481 e. The Balaban J connectivity index is 1.72. The van der Waals surface area contributed by atoms with Gasteiger partial charge in [-0.3, -0.25) is 9.59 Å². The van der Waals surface area contributed by atoms with Crippen molar-refractivity contribution in [2.45, 2.75) is 19.8 Å². The van der Waals surface area contributed by atoms with Crippen molar-refractivity contribution >= 4 is 34.6 Å². The Morgan fingerprint density at radius 2 is 2.24 bits per heavy atom. The van der Waals surface area contributed by atoms with Crippen LogP contribution in [0.4, 0.5) is 0 Å². The first kappa shape index (κ1) is 14.2. The van der Waals surface area contributed by atoms with Gasteiger partial charge in [-0.1, -0.05) is 0 Å². The van der Waals surface area contributed by atoms with Crippen LogP contribution < -0.4 is 5.32 Å². The third-order valence-corrected chi connectivity index (χ3v) is 5.55. The Labute approximate surface area is 129 Å². The number of carboxylic acid groups (broad SMARTS) is 1. The van der Waals surface area contributed by atoms with E-state index in [2.05, 4.69) is 10.3 Å². The maximum Gasteiger partial charge on any atom is 0.311 e. The van der Waals surface area contributed by atoms with Gasteiger partial charge in [-0.25, -0.2) is 4.98 Å². The SMILES string of the molecule is Cc1nc(-c2ccsc2)sc1C(=O)NCC1(C(=O)O)CC1. The molecule has 2 heterocycles. The standard InChI is InChI=1S/C14H14N2O3S2/c1-8-10(21-12(16-8)9-2-5-20-6-9)11(17)15-7-14(3-4-14)13(18)19/h2,5-6H,3-4,7H2,1H3,(H,15,17)(H,18,19). The molecule has 1 amide bonds. The van der Waals surface area contributed by atoms with E-state index in [0.29, 0.717) is 23.4 Å². The fraction of sp³-hybridized carbons (Fsp3) is 0.357. The van der Waals surface area contributed by atoms with E-state index in [4.69, 9.17) is 5.11 Å². The minimum atomic E-state index is -0.831. The molecule has 0 aliphatic heterocycles. The zero-order chi connectivity index (χ0) is 15.0. The predicted octanol–water partition coefficient (Wildman–Crippen LogP) is 2.77. The number of hydrogen-bond donors (Lipinski definition) is 2. The zero-order valence-electron chi connectivity index (χ0n) is 11.4. The van der Waals surface area contributed by atoms with Crippen molar-refractivity contribution in [3.63, 3.8) is 0 Å². The summed E-state index contributed by atoms with van der Waals surface area (Å²) in [6.45, 7) is 1.98. The number of carboxylic acids is 1. The maximum atomic E-state index is 12.2. The number of aliphatic carboxylic acids is 1. The molecule has 0 aromatic carbocycles. The predicted molar refractivity (Wildman–Crippen MR) is 81.8 cm³/mol. The van der Waals surface area contributed by atoms with E-state index < -0.39 is 11.4 Å². The highest BCUT2D eigenvalue weighted by molar-refractivity contribution is 7.17. The average Bonchev–Trinajstić information content (AvgIpc) is 2.87. The summed E-state index contributed by atoms with van der Waals surface area (Å²) in [5.74, 6) is -1.07. The van der Waals surface area contributed by atoms with Crippen LogP contribution in [0.1, 0.15) is 28.2 Å². The van der Waals surface area contributed by atoms with Crippen LogP contribution in [0.2, 0.25) is 0 Å². The second-order valence-electron chi connectivity index (χ2n) is 5.21. The van der Waals surface area contributed by atoms with E-state index in [0.717, 1.165) is 10.6 Å². The molecular formula is C14H14N2O3S2. The van der Waals surface area contributed by atoms with Crippen molar-refractivity contribution in [3.05, 3.63) is 27.4 Å². The molecule has 3 rings (SSSR count). The Morgan fingerprint density at radius 3 is 2.81 bits per heavy atom. The molecule has 0 unspecified atom stereocenters. The number of thiophene rings is 1. The molecule has 1 saturated carbocycles. The van der Waals surface area contributed by atoms with E-state index in [1.54, 1.807) is 18.3 Å². The first-order valence-electron chi connectivity index (χ1n) is 6.53. The van der Waals surface area contributed by atoms with Gasteiger partial charge in [0, 0.05) is 17.5 Å². The van der Waals surface area contributed by atoms with Gasteiger partial charge in [0.25, 0.3) is 5.91 Å². The molecule has 21 heavy (non-hydrogen) atoms. The highest BCUT2D eigenvalue weighted by Crippen LogP contribution is 2.45. The van der Waals surface area contributed by atoms with Gasteiger partial charge in [0.15, 0.2) is 0 Å². The number of nitrogens with one attached hydrogen (secondary N) is 1. The summed E-state index contributed by atoms with van der Waals surface area (Å²) in [5.41, 5.74) is 0.944. The quantitative estimate of drug-likeness (QED) is 0.887. The highest BCUT2D eigenvalue weighted by Gasteiger charge is 2.50. The molecule has 0 saturated heterocycles. The molecule has 0 atom stereocenters. The van der Waals surface area contributed by atoms with Gasteiger partial charge >= 0.3 is 5.97 Å². The fourth-order valence-corrected chi connectivity index (χ4v) is 3.76. The molecule has 110 valence electrons. The number of rotatable bonds is 5. The molecule has 2 aromatic heterocycles. The summed E-state index contributed by atoms with van der Waals surface area (Å²) in [5, 5.41) is 16.6. The van der Waals surface area contributed by atoms with Crippen molar-refractivity contribution < 1.29 is 14.7 Å². The average molecular weight is 322 g/mol. The number of hydrogen-bond acceptors (Lipinski definition) is 5. The Kier molecular flexibility index (Phi) is 3.54. The lowest BCUT2D eigenvalue weighted by Crippen LogP contribution is -2.34. The Bertz CT molecular complexity index is 687. The third kappa shape index (κ3) is 2.71. The third-order valence-electron chi connectivity index (χ3n) is 3.67.